The zero-order valence-corrected chi connectivity index (χ0v) is 15.9. The van der Waals surface area contributed by atoms with Crippen molar-refractivity contribution in [2.75, 3.05) is 25.1 Å². The van der Waals surface area contributed by atoms with E-state index >= 15 is 0 Å². The molecule has 0 aromatic heterocycles. The Balaban J connectivity index is 1.81. The molecule has 0 spiro atoms. The highest BCUT2D eigenvalue weighted by Gasteiger charge is 2.11. The summed E-state index contributed by atoms with van der Waals surface area (Å²) in [5.41, 5.74) is 1.20. The predicted molar refractivity (Wildman–Crippen MR) is 104 cm³/mol. The zero-order valence-electron chi connectivity index (χ0n) is 15.9. The van der Waals surface area contributed by atoms with Crippen LogP contribution in [0.3, 0.4) is 0 Å². The number of hydrogen-bond donors (Lipinski definition) is 1. The first-order chi connectivity index (χ1) is 13.5. The van der Waals surface area contributed by atoms with E-state index in [-0.39, 0.29) is 0 Å². The summed E-state index contributed by atoms with van der Waals surface area (Å²) in [6.45, 7) is 4.25. The average Bonchev–Trinajstić information content (AvgIpc) is 2.71. The predicted octanol–water partition coefficient (Wildman–Crippen LogP) is 3.45. The van der Waals surface area contributed by atoms with Gasteiger partial charge in [0.1, 0.15) is 5.75 Å². The molecule has 1 N–H and O–H groups in total. The monoisotopic (exact) mass is 385 g/mol. The van der Waals surface area contributed by atoms with Gasteiger partial charge in [-0.2, -0.15) is 0 Å². The van der Waals surface area contributed by atoms with E-state index in [2.05, 4.69) is 5.32 Å². The molecule has 0 aliphatic heterocycles. The lowest BCUT2D eigenvalue weighted by molar-refractivity contribution is -0.119. The summed E-state index contributed by atoms with van der Waals surface area (Å²) >= 11 is 0. The zero-order chi connectivity index (χ0) is 20.4. The number of nitrogens with one attached hydrogen (secondary N) is 1. The third kappa shape index (κ3) is 6.42. The van der Waals surface area contributed by atoms with Gasteiger partial charge in [0.15, 0.2) is 6.61 Å². The smallest absolute Gasteiger partial charge is 0.338 e. The van der Waals surface area contributed by atoms with E-state index in [0.717, 1.165) is 6.42 Å². The standard InChI is InChI=1S/C21H23NO6/c1-3-13-27-20(24)15-5-9-17(10-6-15)22-19(23)14-28-21(25)16-7-11-18(12-8-16)26-4-2/h5-12H,3-4,13-14H2,1-2H3,(H,22,23). The maximum absolute atomic E-state index is 12.0. The third-order valence-electron chi connectivity index (χ3n) is 3.58. The second-order valence-corrected chi connectivity index (χ2v) is 5.79. The minimum atomic E-state index is -0.604. The lowest BCUT2D eigenvalue weighted by atomic mass is 10.2. The Bertz CT molecular complexity index is 799. The fourth-order valence-corrected chi connectivity index (χ4v) is 2.23. The van der Waals surface area contributed by atoms with Gasteiger partial charge in [-0.1, -0.05) is 6.92 Å². The molecule has 0 saturated heterocycles. The van der Waals surface area contributed by atoms with Gasteiger partial charge < -0.3 is 19.5 Å². The van der Waals surface area contributed by atoms with Crippen molar-refractivity contribution < 1.29 is 28.6 Å². The number of hydrogen-bond acceptors (Lipinski definition) is 6. The SMILES string of the molecule is CCCOC(=O)c1ccc(NC(=O)COC(=O)c2ccc(OCC)cc2)cc1. The number of benzene rings is 2. The summed E-state index contributed by atoms with van der Waals surface area (Å²) in [6.07, 6.45) is 0.745. The minimum Gasteiger partial charge on any atom is -0.494 e. The van der Waals surface area contributed by atoms with Gasteiger partial charge in [-0.25, -0.2) is 9.59 Å². The Morgan fingerprint density at radius 1 is 0.821 bits per heavy atom. The molecule has 0 fully saturated rings. The van der Waals surface area contributed by atoms with E-state index in [1.165, 1.54) is 0 Å². The molecule has 148 valence electrons. The number of carbonyl (C=O) groups excluding carboxylic acids is 3. The first-order valence-corrected chi connectivity index (χ1v) is 9.00. The molecule has 2 aromatic carbocycles. The number of amides is 1. The Labute approximate surface area is 163 Å². The van der Waals surface area contributed by atoms with Gasteiger partial charge in [-0.3, -0.25) is 4.79 Å². The Morgan fingerprint density at radius 2 is 1.39 bits per heavy atom. The molecule has 0 saturated carbocycles. The lowest BCUT2D eigenvalue weighted by Gasteiger charge is -2.08. The van der Waals surface area contributed by atoms with Crippen molar-refractivity contribution in [3.05, 3.63) is 59.7 Å². The highest BCUT2D eigenvalue weighted by molar-refractivity contribution is 5.96. The fraction of sp³-hybridized carbons (Fsp3) is 0.286. The first kappa shape index (κ1) is 21.0. The van der Waals surface area contributed by atoms with Crippen LogP contribution in [0.15, 0.2) is 48.5 Å². The molecule has 2 rings (SSSR count). The van der Waals surface area contributed by atoms with E-state index < -0.39 is 24.5 Å². The van der Waals surface area contributed by atoms with Gasteiger partial charge in [-0.15, -0.1) is 0 Å². The molecule has 2 aromatic rings. The van der Waals surface area contributed by atoms with Gasteiger partial charge in [0.25, 0.3) is 5.91 Å². The molecule has 0 unspecified atom stereocenters. The van der Waals surface area contributed by atoms with Gasteiger partial charge in [-0.05, 0) is 61.9 Å². The topological polar surface area (TPSA) is 90.9 Å². The Hall–Kier alpha value is -3.35. The summed E-state index contributed by atoms with van der Waals surface area (Å²) in [6, 6.07) is 12.7. The minimum absolute atomic E-state index is 0.325. The number of rotatable bonds is 9. The highest BCUT2D eigenvalue weighted by atomic mass is 16.5. The van der Waals surface area contributed by atoms with Gasteiger partial charge in [0.2, 0.25) is 0 Å². The molecule has 0 atom stereocenters. The molecule has 1 amide bonds. The van der Waals surface area contributed by atoms with Crippen LogP contribution < -0.4 is 10.1 Å². The molecule has 0 bridgehead atoms. The van der Waals surface area contributed by atoms with Crippen molar-refractivity contribution in [1.29, 1.82) is 0 Å². The van der Waals surface area contributed by atoms with Crippen LogP contribution in [0, 0.1) is 0 Å². The number of ether oxygens (including phenoxy) is 3. The number of anilines is 1. The van der Waals surface area contributed by atoms with Crippen molar-refractivity contribution in [3.8, 4) is 5.75 Å². The number of esters is 2. The van der Waals surface area contributed by atoms with Gasteiger partial charge >= 0.3 is 11.9 Å². The molecule has 0 heterocycles. The summed E-state index contributed by atoms with van der Waals surface area (Å²) in [4.78, 5) is 35.7. The van der Waals surface area contributed by atoms with Crippen LogP contribution in [-0.4, -0.2) is 37.7 Å². The van der Waals surface area contributed by atoms with E-state index in [4.69, 9.17) is 14.2 Å². The maximum Gasteiger partial charge on any atom is 0.338 e. The molecule has 0 radical (unpaired) electrons. The van der Waals surface area contributed by atoms with Crippen molar-refractivity contribution in [3.63, 3.8) is 0 Å². The normalized spacial score (nSPS) is 10.1. The van der Waals surface area contributed by atoms with Crippen LogP contribution in [0.4, 0.5) is 5.69 Å². The number of carbonyl (C=O) groups is 3. The van der Waals surface area contributed by atoms with Crippen LogP contribution in [0.2, 0.25) is 0 Å². The molecule has 0 aliphatic carbocycles. The van der Waals surface area contributed by atoms with Crippen molar-refractivity contribution in [1.82, 2.24) is 0 Å². The maximum atomic E-state index is 12.0. The lowest BCUT2D eigenvalue weighted by Crippen LogP contribution is -2.21. The average molecular weight is 385 g/mol. The van der Waals surface area contributed by atoms with Gasteiger partial charge in [0.05, 0.1) is 24.3 Å². The van der Waals surface area contributed by atoms with E-state index in [1.54, 1.807) is 48.5 Å². The summed E-state index contributed by atoms with van der Waals surface area (Å²) in [7, 11) is 0. The molecular weight excluding hydrogens is 362 g/mol. The van der Waals surface area contributed by atoms with Crippen LogP contribution >= 0.6 is 0 Å². The van der Waals surface area contributed by atoms with Crippen molar-refractivity contribution in [2.24, 2.45) is 0 Å². The first-order valence-electron chi connectivity index (χ1n) is 9.00. The second-order valence-electron chi connectivity index (χ2n) is 5.79. The summed E-state index contributed by atoms with van der Waals surface area (Å²) in [5, 5.41) is 2.60. The van der Waals surface area contributed by atoms with E-state index in [9.17, 15) is 14.4 Å². The van der Waals surface area contributed by atoms with Crippen molar-refractivity contribution >= 4 is 23.5 Å². The highest BCUT2D eigenvalue weighted by Crippen LogP contribution is 2.13. The molecule has 0 aliphatic rings. The van der Waals surface area contributed by atoms with Crippen LogP contribution in [0.5, 0.6) is 5.75 Å². The quantitative estimate of drug-likeness (QED) is 0.665. The molecular formula is C21H23NO6. The van der Waals surface area contributed by atoms with Crippen LogP contribution in [-0.2, 0) is 14.3 Å². The second kappa shape index (κ2) is 10.7. The fourth-order valence-electron chi connectivity index (χ4n) is 2.23. The van der Waals surface area contributed by atoms with E-state index in [0.29, 0.717) is 35.8 Å². The van der Waals surface area contributed by atoms with Crippen LogP contribution in [0.1, 0.15) is 41.0 Å². The summed E-state index contributed by atoms with van der Waals surface area (Å²) in [5.74, 6) is -0.851. The van der Waals surface area contributed by atoms with Gasteiger partial charge in [0, 0.05) is 5.69 Å². The van der Waals surface area contributed by atoms with E-state index in [1.807, 2.05) is 13.8 Å². The molecule has 7 nitrogen and oxygen atoms in total. The third-order valence-corrected chi connectivity index (χ3v) is 3.58. The largest absolute Gasteiger partial charge is 0.494 e. The summed E-state index contributed by atoms with van der Waals surface area (Å²) < 4.78 is 15.3. The van der Waals surface area contributed by atoms with Crippen molar-refractivity contribution in [2.45, 2.75) is 20.3 Å². The molecule has 28 heavy (non-hydrogen) atoms. The Kier molecular flexibility index (Phi) is 8.02. The Morgan fingerprint density at radius 3 is 1.96 bits per heavy atom. The molecule has 7 heteroatoms. The van der Waals surface area contributed by atoms with Crippen LogP contribution in [0.25, 0.3) is 0 Å².